The summed E-state index contributed by atoms with van der Waals surface area (Å²) in [5, 5.41) is 10.4. The van der Waals surface area contributed by atoms with Gasteiger partial charge in [-0.1, -0.05) is 17.7 Å². The summed E-state index contributed by atoms with van der Waals surface area (Å²) in [5.74, 6) is 0.604. The Morgan fingerprint density at radius 2 is 1.89 bits per heavy atom. The topological polar surface area (TPSA) is 77.0 Å². The Morgan fingerprint density at radius 1 is 1.18 bits per heavy atom. The molecule has 1 aliphatic carbocycles. The fourth-order valence-corrected chi connectivity index (χ4v) is 5.47. The molecule has 0 spiro atoms. The molecule has 0 radical (unpaired) electrons. The maximum absolute atomic E-state index is 13.4. The lowest BCUT2D eigenvalue weighted by molar-refractivity contribution is 0.385. The van der Waals surface area contributed by atoms with Crippen LogP contribution in [0, 0.1) is 24.2 Å². The van der Waals surface area contributed by atoms with Crippen LogP contribution in [0.1, 0.15) is 29.0 Å². The number of fused-ring (bicyclic) bond motifs is 1. The molecule has 1 saturated carbocycles. The van der Waals surface area contributed by atoms with Crippen LogP contribution in [0.4, 0.5) is 0 Å². The monoisotopic (exact) mass is 393 g/mol. The van der Waals surface area contributed by atoms with Crippen molar-refractivity contribution in [3.63, 3.8) is 0 Å². The fourth-order valence-electron chi connectivity index (χ4n) is 3.94. The lowest BCUT2D eigenvalue weighted by atomic mass is 10.1. The molecule has 0 saturated heterocycles. The molecular formula is C22H23N3O2S. The highest BCUT2D eigenvalue weighted by Gasteiger charge is 2.43. The van der Waals surface area contributed by atoms with Crippen molar-refractivity contribution in [3.05, 3.63) is 59.2 Å². The fraction of sp³-hybridized carbons (Fsp3) is 0.318. The molecule has 3 aromatic rings. The van der Waals surface area contributed by atoms with E-state index in [1.54, 1.807) is 30.3 Å². The van der Waals surface area contributed by atoms with Crippen LogP contribution in [-0.4, -0.2) is 38.9 Å². The van der Waals surface area contributed by atoms with Gasteiger partial charge in [0, 0.05) is 23.0 Å². The second-order valence-corrected chi connectivity index (χ2v) is 9.81. The van der Waals surface area contributed by atoms with Crippen molar-refractivity contribution in [1.82, 2.24) is 9.88 Å². The first-order valence-corrected chi connectivity index (χ1v) is 10.8. The highest BCUT2D eigenvalue weighted by molar-refractivity contribution is 7.91. The number of hydrogen-bond donors (Lipinski definition) is 1. The third-order valence-corrected chi connectivity index (χ3v) is 7.18. The number of aromatic amines is 1. The van der Waals surface area contributed by atoms with E-state index in [1.165, 1.54) is 0 Å². The van der Waals surface area contributed by atoms with Gasteiger partial charge in [-0.05, 0) is 69.6 Å². The third kappa shape index (κ3) is 3.21. The molecule has 28 heavy (non-hydrogen) atoms. The Labute approximate surface area is 165 Å². The average molecular weight is 394 g/mol. The van der Waals surface area contributed by atoms with E-state index in [1.807, 2.05) is 33.2 Å². The SMILES string of the molecule is Cc1ccc(S(=O)(=O)c2[nH]c3ccc(C#N)cc3c2C2CC2CN(C)C)cc1. The van der Waals surface area contributed by atoms with Crippen LogP contribution < -0.4 is 0 Å². The predicted molar refractivity (Wildman–Crippen MR) is 109 cm³/mol. The number of hydrogen-bond acceptors (Lipinski definition) is 4. The maximum Gasteiger partial charge on any atom is 0.222 e. The Kier molecular flexibility index (Phi) is 4.53. The van der Waals surface area contributed by atoms with Gasteiger partial charge in [0.1, 0.15) is 5.03 Å². The van der Waals surface area contributed by atoms with E-state index in [4.69, 9.17) is 0 Å². The molecule has 2 unspecified atom stereocenters. The highest BCUT2D eigenvalue weighted by atomic mass is 32.2. The Morgan fingerprint density at radius 3 is 2.54 bits per heavy atom. The summed E-state index contributed by atoms with van der Waals surface area (Å²) in [5.41, 5.74) is 3.15. The first kappa shape index (κ1) is 18.7. The third-order valence-electron chi connectivity index (χ3n) is 5.42. The van der Waals surface area contributed by atoms with Crippen LogP contribution in [-0.2, 0) is 9.84 Å². The zero-order valence-electron chi connectivity index (χ0n) is 16.2. The van der Waals surface area contributed by atoms with E-state index in [9.17, 15) is 13.7 Å². The smallest absolute Gasteiger partial charge is 0.222 e. The first-order valence-electron chi connectivity index (χ1n) is 9.33. The number of nitriles is 1. The van der Waals surface area contributed by atoms with Crippen molar-refractivity contribution in [1.29, 1.82) is 5.26 Å². The number of nitrogens with zero attached hydrogens (tertiary/aromatic N) is 2. The lowest BCUT2D eigenvalue weighted by Gasteiger charge is -2.10. The molecule has 1 aliphatic rings. The molecular weight excluding hydrogens is 370 g/mol. The minimum atomic E-state index is -3.68. The van der Waals surface area contributed by atoms with E-state index in [0.717, 1.165) is 35.0 Å². The quantitative estimate of drug-likeness (QED) is 0.714. The number of nitrogens with one attached hydrogen (secondary N) is 1. The van der Waals surface area contributed by atoms with Gasteiger partial charge in [-0.2, -0.15) is 5.26 Å². The van der Waals surface area contributed by atoms with Gasteiger partial charge >= 0.3 is 0 Å². The van der Waals surface area contributed by atoms with Gasteiger partial charge in [-0.15, -0.1) is 0 Å². The van der Waals surface area contributed by atoms with Crippen molar-refractivity contribution in [2.24, 2.45) is 5.92 Å². The normalized spacial score (nSPS) is 19.1. The molecule has 0 aliphatic heterocycles. The van der Waals surface area contributed by atoms with Gasteiger partial charge in [-0.25, -0.2) is 8.42 Å². The van der Waals surface area contributed by atoms with Crippen molar-refractivity contribution < 1.29 is 8.42 Å². The zero-order chi connectivity index (χ0) is 20.1. The average Bonchev–Trinajstić information content (AvgIpc) is 3.28. The summed E-state index contributed by atoms with van der Waals surface area (Å²) in [4.78, 5) is 5.57. The number of sulfone groups is 1. The van der Waals surface area contributed by atoms with Crippen LogP contribution >= 0.6 is 0 Å². The minimum Gasteiger partial charge on any atom is -0.345 e. The second kappa shape index (κ2) is 6.77. The molecule has 1 fully saturated rings. The minimum absolute atomic E-state index is 0.181. The second-order valence-electron chi connectivity index (χ2n) is 7.92. The number of benzene rings is 2. The molecule has 2 atom stereocenters. The van der Waals surface area contributed by atoms with E-state index in [-0.39, 0.29) is 15.8 Å². The Balaban J connectivity index is 1.89. The van der Waals surface area contributed by atoms with Gasteiger partial charge < -0.3 is 9.88 Å². The summed E-state index contributed by atoms with van der Waals surface area (Å²) in [6.07, 6.45) is 0.957. The molecule has 1 aromatic heterocycles. The van der Waals surface area contributed by atoms with Crippen LogP contribution in [0.3, 0.4) is 0 Å². The van der Waals surface area contributed by atoms with Crippen LogP contribution in [0.15, 0.2) is 52.4 Å². The Bertz CT molecular complexity index is 1180. The van der Waals surface area contributed by atoms with Gasteiger partial charge in [0.05, 0.1) is 16.5 Å². The Hall–Kier alpha value is -2.62. The molecule has 0 amide bonds. The van der Waals surface area contributed by atoms with Gasteiger partial charge in [0.15, 0.2) is 0 Å². The summed E-state index contributed by atoms with van der Waals surface area (Å²) >= 11 is 0. The van der Waals surface area contributed by atoms with Crippen LogP contribution in [0.5, 0.6) is 0 Å². The van der Waals surface area contributed by atoms with Gasteiger partial charge in [0.25, 0.3) is 0 Å². The summed E-state index contributed by atoms with van der Waals surface area (Å²) < 4.78 is 26.9. The molecule has 2 aromatic carbocycles. The van der Waals surface area contributed by atoms with Crippen molar-refractivity contribution in [3.8, 4) is 6.07 Å². The molecule has 144 valence electrons. The summed E-state index contributed by atoms with van der Waals surface area (Å²) in [6.45, 7) is 2.85. The van der Waals surface area contributed by atoms with Crippen LogP contribution in [0.25, 0.3) is 10.9 Å². The van der Waals surface area contributed by atoms with E-state index >= 15 is 0 Å². The number of H-pyrrole nitrogens is 1. The molecule has 6 heteroatoms. The van der Waals surface area contributed by atoms with E-state index in [2.05, 4.69) is 16.0 Å². The lowest BCUT2D eigenvalue weighted by Crippen LogP contribution is -2.15. The van der Waals surface area contributed by atoms with Crippen molar-refractivity contribution in [2.75, 3.05) is 20.6 Å². The van der Waals surface area contributed by atoms with Crippen molar-refractivity contribution >= 4 is 20.7 Å². The van der Waals surface area contributed by atoms with E-state index in [0.29, 0.717) is 11.5 Å². The highest BCUT2D eigenvalue weighted by Crippen LogP contribution is 2.52. The zero-order valence-corrected chi connectivity index (χ0v) is 17.0. The predicted octanol–water partition coefficient (Wildman–Crippen LogP) is 3.85. The van der Waals surface area contributed by atoms with E-state index < -0.39 is 9.84 Å². The number of aromatic nitrogens is 1. The maximum atomic E-state index is 13.4. The summed E-state index contributed by atoms with van der Waals surface area (Å²) in [6, 6.07) is 14.4. The molecule has 0 bridgehead atoms. The molecule has 4 rings (SSSR count). The largest absolute Gasteiger partial charge is 0.345 e. The first-order chi connectivity index (χ1) is 13.3. The van der Waals surface area contributed by atoms with Crippen molar-refractivity contribution in [2.45, 2.75) is 29.2 Å². The van der Waals surface area contributed by atoms with Gasteiger partial charge in [-0.3, -0.25) is 0 Å². The molecule has 1 heterocycles. The van der Waals surface area contributed by atoms with Crippen LogP contribution in [0.2, 0.25) is 0 Å². The van der Waals surface area contributed by atoms with Gasteiger partial charge in [0.2, 0.25) is 9.84 Å². The molecule has 1 N–H and O–H groups in total. The number of aryl methyl sites for hydroxylation is 1. The number of rotatable bonds is 5. The summed E-state index contributed by atoms with van der Waals surface area (Å²) in [7, 11) is 0.383. The molecule has 5 nitrogen and oxygen atoms in total. The standard InChI is InChI=1S/C22H23N3O2S/c1-14-4-7-17(8-5-14)28(26,27)22-21(18-11-16(18)13-25(2)3)19-10-15(12-23)6-9-20(19)24-22/h4-10,16,18,24H,11,13H2,1-3H3.